The molecule has 2 aromatic rings. The van der Waals surface area contributed by atoms with E-state index in [1.54, 1.807) is 11.0 Å². The van der Waals surface area contributed by atoms with Gasteiger partial charge in [-0.25, -0.2) is 4.39 Å². The zero-order chi connectivity index (χ0) is 21.7. The van der Waals surface area contributed by atoms with Gasteiger partial charge in [0.1, 0.15) is 5.82 Å². The molecule has 2 heterocycles. The van der Waals surface area contributed by atoms with Crippen LogP contribution in [0.15, 0.2) is 30.2 Å². The zero-order valence-electron chi connectivity index (χ0n) is 18.2. The molecule has 0 radical (unpaired) electrons. The second-order valence-electron chi connectivity index (χ2n) is 6.63. The van der Waals surface area contributed by atoms with Gasteiger partial charge in [-0.2, -0.15) is 0 Å². The average molecular weight is 377 g/mol. The number of fused-ring (bicyclic) bond motifs is 1. The van der Waals surface area contributed by atoms with Crippen molar-refractivity contribution in [2.45, 2.75) is 38.8 Å². The van der Waals surface area contributed by atoms with Crippen molar-refractivity contribution in [1.29, 1.82) is 0 Å². The molecular weight excluding hydrogens is 353 g/mol. The largest absolute Gasteiger partial charge is 0.416 e. The van der Waals surface area contributed by atoms with Crippen LogP contribution in [0.3, 0.4) is 0 Å². The summed E-state index contributed by atoms with van der Waals surface area (Å²) >= 11 is 1.37. The monoisotopic (exact) mass is 377 g/mol. The van der Waals surface area contributed by atoms with Crippen LogP contribution in [-0.2, 0) is 22.6 Å². The summed E-state index contributed by atoms with van der Waals surface area (Å²) in [4.78, 5) is 27.3. The van der Waals surface area contributed by atoms with Crippen LogP contribution in [0.5, 0.6) is 5.06 Å². The van der Waals surface area contributed by atoms with E-state index >= 15 is 0 Å². The predicted octanol–water partition coefficient (Wildman–Crippen LogP) is 3.89. The van der Waals surface area contributed by atoms with Crippen molar-refractivity contribution in [2.24, 2.45) is 5.92 Å². The maximum absolute atomic E-state index is 14.4. The number of carbonyl (C=O) groups excluding carboxylic acids is 2. The van der Waals surface area contributed by atoms with Crippen LogP contribution >= 0.6 is 11.3 Å². The van der Waals surface area contributed by atoms with Crippen molar-refractivity contribution in [3.63, 3.8) is 0 Å². The maximum Gasteiger partial charge on any atom is 0.308 e. The lowest BCUT2D eigenvalue weighted by Gasteiger charge is -2.34. The van der Waals surface area contributed by atoms with E-state index in [4.69, 9.17) is 10.2 Å². The highest BCUT2D eigenvalue weighted by molar-refractivity contribution is 7.14. The molecule has 0 bridgehead atoms. The Morgan fingerprint density at radius 3 is 2.96 bits per heavy atom. The number of nitrogens with zero attached hydrogens (tertiary/aromatic N) is 1. The molecule has 1 aliphatic heterocycles. The van der Waals surface area contributed by atoms with E-state index in [0.29, 0.717) is 24.6 Å². The predicted molar refractivity (Wildman–Crippen MR) is 96.6 cm³/mol. The molecule has 4 nitrogen and oxygen atoms in total. The molecule has 0 saturated heterocycles. The van der Waals surface area contributed by atoms with Gasteiger partial charge in [0.2, 0.25) is 0 Å². The molecule has 1 unspecified atom stereocenters. The molecule has 136 valence electrons. The fraction of sp³-hybridized carbons (Fsp3) is 0.400. The summed E-state index contributed by atoms with van der Waals surface area (Å²) in [7, 11) is 0. The lowest BCUT2D eigenvalue weighted by atomic mass is 9.95. The number of Topliss-reactive ketones (excluding diaryl/α,β-unsaturated/α-hetero) is 1. The number of esters is 1. The van der Waals surface area contributed by atoms with E-state index in [1.807, 2.05) is 0 Å². The number of carbonyl (C=O) groups is 2. The van der Waals surface area contributed by atoms with Crippen LogP contribution in [-0.4, -0.2) is 23.2 Å². The van der Waals surface area contributed by atoms with Crippen molar-refractivity contribution < 1.29 is 24.2 Å². The Morgan fingerprint density at radius 2 is 2.23 bits per heavy atom. The first-order chi connectivity index (χ1) is 14.2. The Labute approximate surface area is 161 Å². The highest BCUT2D eigenvalue weighted by Gasteiger charge is 2.39. The smallest absolute Gasteiger partial charge is 0.308 e. The molecule has 4 rings (SSSR count). The standard InChI is InChI=1S/C20H20FNO3S/c1-12(23)25-18-10-15-11-22(8-7-17(15)26-18)19(20(24)13-5-6-13)14-3-2-4-16(21)9-14/h2-4,9-10,13,19H,5-8,11H2,1H3/i2D,3D,4D,9D. The Bertz CT molecular complexity index is 1020. The SMILES string of the molecule is [2H]c1c([2H])c(F)c([2H])c(C(C(=O)C2CC2)N2CCc3sc(OC(C)=O)cc3C2)c1[2H]. The number of ether oxygens (including phenoxy) is 1. The lowest BCUT2D eigenvalue weighted by Crippen LogP contribution is -2.38. The second kappa shape index (κ2) is 6.93. The summed E-state index contributed by atoms with van der Waals surface area (Å²) in [5.74, 6) is -1.96. The molecule has 2 aliphatic rings. The number of hydrogen-bond donors (Lipinski definition) is 0. The van der Waals surface area contributed by atoms with E-state index < -0.39 is 42.0 Å². The van der Waals surface area contributed by atoms with Gasteiger partial charge < -0.3 is 4.74 Å². The van der Waals surface area contributed by atoms with Crippen molar-refractivity contribution in [2.75, 3.05) is 6.54 Å². The van der Waals surface area contributed by atoms with Crippen LogP contribution in [0.25, 0.3) is 0 Å². The summed E-state index contributed by atoms with van der Waals surface area (Å²) in [6.07, 6.45) is 2.02. The van der Waals surface area contributed by atoms with E-state index in [1.165, 1.54) is 18.3 Å². The van der Waals surface area contributed by atoms with E-state index in [0.717, 1.165) is 23.3 Å². The summed E-state index contributed by atoms with van der Waals surface area (Å²) in [5, 5.41) is 0.472. The maximum atomic E-state index is 14.4. The number of thiophene rings is 1. The van der Waals surface area contributed by atoms with Gasteiger partial charge >= 0.3 is 5.97 Å². The van der Waals surface area contributed by atoms with Crippen molar-refractivity contribution >= 4 is 23.1 Å². The van der Waals surface area contributed by atoms with Crippen LogP contribution in [0.4, 0.5) is 4.39 Å². The highest BCUT2D eigenvalue weighted by Crippen LogP contribution is 2.40. The normalized spacial score (nSPS) is 20.4. The molecule has 1 aromatic heterocycles. The minimum Gasteiger partial charge on any atom is -0.416 e. The van der Waals surface area contributed by atoms with Crippen LogP contribution in [0.2, 0.25) is 0 Å². The van der Waals surface area contributed by atoms with Crippen LogP contribution in [0.1, 0.15) is 47.3 Å². The molecule has 0 amide bonds. The minimum absolute atomic E-state index is 0.135. The molecule has 0 N–H and O–H groups in total. The number of ketones is 1. The van der Waals surface area contributed by atoms with Gasteiger partial charge in [-0.15, -0.1) is 11.3 Å². The fourth-order valence-electron chi connectivity index (χ4n) is 3.31. The Balaban J connectivity index is 1.74. The molecular formula is C20H20FNO3S. The Morgan fingerprint density at radius 1 is 1.42 bits per heavy atom. The van der Waals surface area contributed by atoms with Gasteiger partial charge in [0.25, 0.3) is 0 Å². The van der Waals surface area contributed by atoms with E-state index in [2.05, 4.69) is 0 Å². The summed E-state index contributed by atoms with van der Waals surface area (Å²) in [6, 6.07) is -1.77. The molecule has 1 aliphatic carbocycles. The van der Waals surface area contributed by atoms with Gasteiger partial charge in [0.05, 0.1) is 11.5 Å². The van der Waals surface area contributed by atoms with Gasteiger partial charge in [-0.3, -0.25) is 14.5 Å². The first-order valence-electron chi connectivity index (χ1n) is 10.5. The molecule has 1 fully saturated rings. The van der Waals surface area contributed by atoms with E-state index in [-0.39, 0.29) is 17.3 Å². The first-order valence-corrected chi connectivity index (χ1v) is 9.34. The second-order valence-corrected chi connectivity index (χ2v) is 7.73. The fourth-order valence-corrected chi connectivity index (χ4v) is 4.36. The average Bonchev–Trinajstić information content (AvgIpc) is 3.47. The van der Waals surface area contributed by atoms with Crippen molar-refractivity contribution in [1.82, 2.24) is 4.90 Å². The molecule has 1 aromatic carbocycles. The molecule has 1 atom stereocenters. The summed E-state index contributed by atoms with van der Waals surface area (Å²) in [5.41, 5.74) is 0.752. The third-order valence-corrected chi connectivity index (χ3v) is 5.73. The number of benzene rings is 1. The third-order valence-electron chi connectivity index (χ3n) is 4.62. The third kappa shape index (κ3) is 3.57. The highest BCUT2D eigenvalue weighted by atomic mass is 32.1. The van der Waals surface area contributed by atoms with Crippen LogP contribution < -0.4 is 4.74 Å². The summed E-state index contributed by atoms with van der Waals surface area (Å²) in [6.45, 7) is 2.10. The molecule has 26 heavy (non-hydrogen) atoms. The quantitative estimate of drug-likeness (QED) is 0.742. The van der Waals surface area contributed by atoms with E-state index in [9.17, 15) is 14.0 Å². The van der Waals surface area contributed by atoms with Crippen molar-refractivity contribution in [3.05, 3.63) is 52.1 Å². The van der Waals surface area contributed by atoms with Crippen molar-refractivity contribution in [3.8, 4) is 5.06 Å². The zero-order valence-corrected chi connectivity index (χ0v) is 15.0. The molecule has 1 saturated carbocycles. The van der Waals surface area contributed by atoms with Crippen LogP contribution in [0, 0.1) is 11.7 Å². The number of halogens is 1. The van der Waals surface area contributed by atoms with Gasteiger partial charge in [-0.1, -0.05) is 12.1 Å². The van der Waals surface area contributed by atoms with Gasteiger partial charge in [-0.05, 0) is 48.5 Å². The Kier molecular flexibility index (Phi) is 3.51. The van der Waals surface area contributed by atoms with Gasteiger partial charge in [0, 0.05) is 30.8 Å². The number of rotatable bonds is 5. The number of hydrogen-bond acceptors (Lipinski definition) is 5. The molecule has 6 heteroatoms. The topological polar surface area (TPSA) is 46.6 Å². The minimum atomic E-state index is -1.18. The Hall–Kier alpha value is -2.05. The van der Waals surface area contributed by atoms with Gasteiger partial charge in [0.15, 0.2) is 10.8 Å². The molecule has 0 spiro atoms. The first kappa shape index (κ1) is 13.2. The summed E-state index contributed by atoms with van der Waals surface area (Å²) < 4.78 is 51.6. The lowest BCUT2D eigenvalue weighted by molar-refractivity contribution is -0.131.